The summed E-state index contributed by atoms with van der Waals surface area (Å²) in [6.45, 7) is 3.87. The van der Waals surface area contributed by atoms with Crippen molar-refractivity contribution >= 4 is 27.8 Å². The standard InChI is InChI=1S/C24H25NO4S2/c1-17-9-13-20(14-10-17)30-23(24(26)29-3)22(19-7-5-4-6-8-19)25-31(27,28)21-15-11-18(2)12-16-21/h4-16,22-23,25H,1-3H3/t22-,23-/m1/s1. The van der Waals surface area contributed by atoms with Gasteiger partial charge in [0.25, 0.3) is 0 Å². The number of rotatable bonds is 8. The molecule has 0 aliphatic rings. The molecule has 31 heavy (non-hydrogen) atoms. The molecule has 162 valence electrons. The minimum atomic E-state index is -3.88. The van der Waals surface area contributed by atoms with E-state index in [-0.39, 0.29) is 4.90 Å². The first-order valence-electron chi connectivity index (χ1n) is 9.75. The van der Waals surface area contributed by atoms with Crippen LogP contribution >= 0.6 is 11.8 Å². The number of esters is 1. The van der Waals surface area contributed by atoms with Crippen LogP contribution in [-0.4, -0.2) is 26.7 Å². The van der Waals surface area contributed by atoms with Crippen LogP contribution in [0.25, 0.3) is 0 Å². The molecule has 1 N–H and O–H groups in total. The van der Waals surface area contributed by atoms with Crippen LogP contribution in [0.15, 0.2) is 88.7 Å². The fourth-order valence-electron chi connectivity index (χ4n) is 3.05. The number of methoxy groups -OCH3 is 1. The Morgan fingerprint density at radius 3 is 1.97 bits per heavy atom. The van der Waals surface area contributed by atoms with E-state index in [0.29, 0.717) is 5.56 Å². The van der Waals surface area contributed by atoms with E-state index in [1.165, 1.54) is 18.9 Å². The van der Waals surface area contributed by atoms with Gasteiger partial charge in [0.1, 0.15) is 5.25 Å². The minimum absolute atomic E-state index is 0.142. The third-order valence-corrected chi connectivity index (χ3v) is 7.51. The Kier molecular flexibility index (Phi) is 7.54. The van der Waals surface area contributed by atoms with Gasteiger partial charge in [-0.3, -0.25) is 4.79 Å². The van der Waals surface area contributed by atoms with Gasteiger partial charge in [0.05, 0.1) is 18.0 Å². The van der Waals surface area contributed by atoms with E-state index in [9.17, 15) is 13.2 Å². The summed E-state index contributed by atoms with van der Waals surface area (Å²) in [7, 11) is -2.57. The molecule has 3 rings (SSSR count). The monoisotopic (exact) mass is 455 g/mol. The lowest BCUT2D eigenvalue weighted by Gasteiger charge is -2.26. The van der Waals surface area contributed by atoms with Gasteiger partial charge in [0.2, 0.25) is 10.0 Å². The molecular weight excluding hydrogens is 430 g/mol. The number of carbonyl (C=O) groups excluding carboxylic acids is 1. The number of aryl methyl sites for hydroxylation is 2. The Morgan fingerprint density at radius 2 is 1.42 bits per heavy atom. The minimum Gasteiger partial charge on any atom is -0.468 e. The maximum Gasteiger partial charge on any atom is 0.321 e. The summed E-state index contributed by atoms with van der Waals surface area (Å²) in [5.41, 5.74) is 2.73. The number of thioether (sulfide) groups is 1. The van der Waals surface area contributed by atoms with Crippen LogP contribution in [0.1, 0.15) is 22.7 Å². The van der Waals surface area contributed by atoms with Crippen LogP contribution in [0.2, 0.25) is 0 Å². The number of hydrogen-bond acceptors (Lipinski definition) is 5. The zero-order valence-corrected chi connectivity index (χ0v) is 19.2. The molecular formula is C24H25NO4S2. The zero-order valence-electron chi connectivity index (χ0n) is 17.6. The van der Waals surface area contributed by atoms with Gasteiger partial charge in [0, 0.05) is 4.90 Å². The molecule has 3 aromatic rings. The fraction of sp³-hybridized carbons (Fsp3) is 0.208. The maximum absolute atomic E-state index is 13.2. The second-order valence-corrected chi connectivity index (χ2v) is 10.1. The highest BCUT2D eigenvalue weighted by Crippen LogP contribution is 2.34. The molecule has 3 aromatic carbocycles. The molecule has 0 aromatic heterocycles. The molecule has 0 aliphatic heterocycles. The van der Waals surface area contributed by atoms with Gasteiger partial charge in [-0.05, 0) is 43.7 Å². The van der Waals surface area contributed by atoms with Crippen molar-refractivity contribution in [2.75, 3.05) is 7.11 Å². The number of hydrogen-bond donors (Lipinski definition) is 1. The molecule has 0 radical (unpaired) electrons. The van der Waals surface area contributed by atoms with Crippen LogP contribution in [0, 0.1) is 13.8 Å². The molecule has 0 fully saturated rings. The van der Waals surface area contributed by atoms with Crippen LogP contribution in [0.5, 0.6) is 0 Å². The van der Waals surface area contributed by atoms with Crippen LogP contribution in [0.4, 0.5) is 0 Å². The van der Waals surface area contributed by atoms with Crippen molar-refractivity contribution in [3.05, 3.63) is 95.6 Å². The lowest BCUT2D eigenvalue weighted by Crippen LogP contribution is -2.39. The van der Waals surface area contributed by atoms with Crippen molar-refractivity contribution < 1.29 is 17.9 Å². The average Bonchev–Trinajstić information content (AvgIpc) is 2.78. The lowest BCUT2D eigenvalue weighted by atomic mass is 10.0. The van der Waals surface area contributed by atoms with Crippen LogP contribution in [0.3, 0.4) is 0 Å². The topological polar surface area (TPSA) is 72.5 Å². The van der Waals surface area contributed by atoms with Crippen molar-refractivity contribution in [1.82, 2.24) is 4.72 Å². The van der Waals surface area contributed by atoms with Gasteiger partial charge < -0.3 is 4.74 Å². The van der Waals surface area contributed by atoms with Crippen molar-refractivity contribution in [2.24, 2.45) is 0 Å². The third-order valence-electron chi connectivity index (χ3n) is 4.79. The molecule has 0 bridgehead atoms. The van der Waals surface area contributed by atoms with Gasteiger partial charge in [-0.1, -0.05) is 65.7 Å². The quantitative estimate of drug-likeness (QED) is 0.395. The molecule has 0 amide bonds. The summed E-state index contributed by atoms with van der Waals surface area (Å²) in [5, 5.41) is -0.824. The Hall–Kier alpha value is -2.61. The second kappa shape index (κ2) is 10.1. The maximum atomic E-state index is 13.2. The summed E-state index contributed by atoms with van der Waals surface area (Å²) in [6.07, 6.45) is 0. The van der Waals surface area contributed by atoms with Crippen molar-refractivity contribution in [1.29, 1.82) is 0 Å². The van der Waals surface area contributed by atoms with Gasteiger partial charge in [0.15, 0.2) is 0 Å². The van der Waals surface area contributed by atoms with Crippen LogP contribution in [-0.2, 0) is 19.6 Å². The first-order chi connectivity index (χ1) is 14.8. The number of sulfonamides is 1. The van der Waals surface area contributed by atoms with Gasteiger partial charge >= 0.3 is 5.97 Å². The van der Waals surface area contributed by atoms with Crippen molar-refractivity contribution in [3.63, 3.8) is 0 Å². The van der Waals surface area contributed by atoms with Crippen molar-refractivity contribution in [3.8, 4) is 0 Å². The number of benzene rings is 3. The second-order valence-electron chi connectivity index (χ2n) is 7.20. The van der Waals surface area contributed by atoms with E-state index >= 15 is 0 Å². The summed E-state index contributed by atoms with van der Waals surface area (Å²) in [5.74, 6) is -0.508. The normalized spacial score (nSPS) is 13.4. The zero-order chi connectivity index (χ0) is 22.4. The lowest BCUT2D eigenvalue weighted by molar-refractivity contribution is -0.140. The molecule has 0 unspecified atom stereocenters. The molecule has 2 atom stereocenters. The fourth-order valence-corrected chi connectivity index (χ4v) is 5.51. The first kappa shape index (κ1) is 23.1. The number of carbonyl (C=O) groups is 1. The summed E-state index contributed by atoms with van der Waals surface area (Å²) < 4.78 is 34.1. The van der Waals surface area contributed by atoms with E-state index in [4.69, 9.17) is 4.74 Å². The predicted octanol–water partition coefficient (Wildman–Crippen LogP) is 4.66. The van der Waals surface area contributed by atoms with Crippen LogP contribution < -0.4 is 4.72 Å². The first-order valence-corrected chi connectivity index (χ1v) is 12.1. The third kappa shape index (κ3) is 5.97. The molecule has 0 saturated heterocycles. The molecule has 0 saturated carbocycles. The molecule has 0 spiro atoms. The van der Waals surface area contributed by atoms with Gasteiger partial charge in [-0.15, -0.1) is 11.8 Å². The van der Waals surface area contributed by atoms with E-state index in [2.05, 4.69) is 4.72 Å². The predicted molar refractivity (Wildman–Crippen MR) is 124 cm³/mol. The number of nitrogens with one attached hydrogen (secondary N) is 1. The molecule has 5 nitrogen and oxygen atoms in total. The van der Waals surface area contributed by atoms with E-state index < -0.39 is 27.3 Å². The van der Waals surface area contributed by atoms with E-state index in [1.807, 2.05) is 56.3 Å². The Balaban J connectivity index is 2.01. The Bertz CT molecular complexity index is 1110. The van der Waals surface area contributed by atoms with E-state index in [1.54, 1.807) is 36.4 Å². The highest BCUT2D eigenvalue weighted by atomic mass is 32.2. The summed E-state index contributed by atoms with van der Waals surface area (Å²) >= 11 is 1.27. The highest BCUT2D eigenvalue weighted by Gasteiger charge is 2.35. The van der Waals surface area contributed by atoms with Crippen molar-refractivity contribution in [2.45, 2.75) is 34.9 Å². The Labute approximate surface area is 187 Å². The summed E-state index contributed by atoms with van der Waals surface area (Å²) in [6, 6.07) is 22.5. The SMILES string of the molecule is COC(=O)[C@H](Sc1ccc(C)cc1)[C@H](NS(=O)(=O)c1ccc(C)cc1)c1ccccc1. The largest absolute Gasteiger partial charge is 0.468 e. The average molecular weight is 456 g/mol. The van der Waals surface area contributed by atoms with Gasteiger partial charge in [-0.25, -0.2) is 13.1 Å². The summed E-state index contributed by atoms with van der Waals surface area (Å²) in [4.78, 5) is 13.8. The molecule has 0 heterocycles. The molecule has 0 aliphatic carbocycles. The Morgan fingerprint density at radius 1 is 0.871 bits per heavy atom. The van der Waals surface area contributed by atoms with Gasteiger partial charge in [-0.2, -0.15) is 0 Å². The highest BCUT2D eigenvalue weighted by molar-refractivity contribution is 8.00. The smallest absolute Gasteiger partial charge is 0.321 e. The number of ether oxygens (including phenoxy) is 1. The van der Waals surface area contributed by atoms with E-state index in [0.717, 1.165) is 16.0 Å². The molecule has 7 heteroatoms.